The molecular formula is C14H19N5O2. The van der Waals surface area contributed by atoms with Crippen molar-refractivity contribution in [1.82, 2.24) is 19.6 Å². The van der Waals surface area contributed by atoms with Crippen LogP contribution in [0.3, 0.4) is 0 Å². The molecule has 1 aliphatic rings. The molecule has 2 aromatic rings. The van der Waals surface area contributed by atoms with Gasteiger partial charge in [0, 0.05) is 18.3 Å². The second-order valence-electron chi connectivity index (χ2n) is 5.57. The van der Waals surface area contributed by atoms with E-state index in [0.29, 0.717) is 25.2 Å². The van der Waals surface area contributed by atoms with E-state index >= 15 is 0 Å². The molecule has 3 rings (SSSR count). The molecule has 0 aromatic carbocycles. The van der Waals surface area contributed by atoms with Gasteiger partial charge in [-0.3, -0.25) is 0 Å². The van der Waals surface area contributed by atoms with Crippen LogP contribution < -0.4 is 4.90 Å². The molecule has 1 atom stereocenters. The van der Waals surface area contributed by atoms with Gasteiger partial charge in [-0.25, -0.2) is 9.78 Å². The highest BCUT2D eigenvalue weighted by Crippen LogP contribution is 2.37. The fraction of sp³-hybridized carbons (Fsp3) is 0.571. The fourth-order valence-electron chi connectivity index (χ4n) is 3.32. The van der Waals surface area contributed by atoms with E-state index in [0.717, 1.165) is 24.4 Å². The van der Waals surface area contributed by atoms with E-state index in [1.54, 1.807) is 4.52 Å². The summed E-state index contributed by atoms with van der Waals surface area (Å²) in [5, 5.41) is 14.0. The summed E-state index contributed by atoms with van der Waals surface area (Å²) in [7, 11) is 0. The van der Waals surface area contributed by atoms with Crippen LogP contribution in [0.2, 0.25) is 0 Å². The van der Waals surface area contributed by atoms with Crippen LogP contribution in [0.4, 0.5) is 5.82 Å². The van der Waals surface area contributed by atoms with Crippen molar-refractivity contribution in [2.24, 2.45) is 0 Å². The Morgan fingerprint density at radius 1 is 1.52 bits per heavy atom. The summed E-state index contributed by atoms with van der Waals surface area (Å²) >= 11 is 0. The van der Waals surface area contributed by atoms with Gasteiger partial charge in [0.05, 0.1) is 0 Å². The zero-order chi connectivity index (χ0) is 15.0. The van der Waals surface area contributed by atoms with Gasteiger partial charge in [0.25, 0.3) is 5.78 Å². The fourth-order valence-corrected chi connectivity index (χ4v) is 3.32. The van der Waals surface area contributed by atoms with Crippen molar-refractivity contribution in [2.75, 3.05) is 11.4 Å². The first-order valence-corrected chi connectivity index (χ1v) is 7.27. The molecule has 0 bridgehead atoms. The van der Waals surface area contributed by atoms with Gasteiger partial charge in [-0.1, -0.05) is 13.3 Å². The van der Waals surface area contributed by atoms with Crippen molar-refractivity contribution >= 4 is 17.6 Å². The molecule has 7 heteroatoms. The van der Waals surface area contributed by atoms with Crippen LogP contribution in [-0.4, -0.2) is 42.7 Å². The molecule has 7 nitrogen and oxygen atoms in total. The number of anilines is 1. The van der Waals surface area contributed by atoms with Gasteiger partial charge in [0.1, 0.15) is 17.7 Å². The highest BCUT2D eigenvalue weighted by molar-refractivity contribution is 5.84. The number of aliphatic carboxylic acids is 1. The third-order valence-corrected chi connectivity index (χ3v) is 4.19. The van der Waals surface area contributed by atoms with Crippen LogP contribution >= 0.6 is 0 Å². The van der Waals surface area contributed by atoms with Gasteiger partial charge in [-0.2, -0.15) is 14.6 Å². The first-order valence-electron chi connectivity index (χ1n) is 7.27. The minimum Gasteiger partial charge on any atom is -0.479 e. The average Bonchev–Trinajstić information content (AvgIpc) is 3.05. The number of carboxylic acid groups (broad SMARTS) is 1. The number of rotatable bonds is 4. The normalized spacial score (nSPS) is 22.1. The minimum atomic E-state index is -0.846. The molecule has 0 spiro atoms. The lowest BCUT2D eigenvalue weighted by atomic mass is 9.90. The predicted octanol–water partition coefficient (Wildman–Crippen LogP) is 1.66. The SMILES string of the molecule is CCCC1(C(=O)O)CCCN1c1cc(C)nc2ncnn12. The van der Waals surface area contributed by atoms with Gasteiger partial charge < -0.3 is 10.0 Å². The van der Waals surface area contributed by atoms with E-state index < -0.39 is 11.5 Å². The molecule has 1 unspecified atom stereocenters. The standard InChI is InChI=1S/C14H19N5O2/c1-3-5-14(12(20)21)6-4-7-18(14)11-8-10(2)17-13-15-9-16-19(11)13/h8-9H,3-7H2,1-2H3,(H,20,21). The number of nitrogens with zero attached hydrogens (tertiary/aromatic N) is 5. The molecule has 1 fully saturated rings. The first kappa shape index (κ1) is 13.8. The van der Waals surface area contributed by atoms with Crippen molar-refractivity contribution < 1.29 is 9.90 Å². The van der Waals surface area contributed by atoms with Crippen molar-refractivity contribution in [3.8, 4) is 0 Å². The maximum atomic E-state index is 12.0. The quantitative estimate of drug-likeness (QED) is 0.921. The van der Waals surface area contributed by atoms with Gasteiger partial charge in [-0.05, 0) is 26.2 Å². The molecule has 1 aliphatic heterocycles. The van der Waals surface area contributed by atoms with Crippen LogP contribution in [0.5, 0.6) is 0 Å². The summed E-state index contributed by atoms with van der Waals surface area (Å²) in [5.74, 6) is 0.514. The summed E-state index contributed by atoms with van der Waals surface area (Å²) in [4.78, 5) is 22.4. The molecule has 21 heavy (non-hydrogen) atoms. The van der Waals surface area contributed by atoms with Gasteiger partial charge in [0.15, 0.2) is 0 Å². The Labute approximate surface area is 122 Å². The Bertz CT molecular complexity index is 683. The smallest absolute Gasteiger partial charge is 0.329 e. The number of carboxylic acids is 1. The van der Waals surface area contributed by atoms with E-state index in [-0.39, 0.29) is 0 Å². The summed E-state index contributed by atoms with van der Waals surface area (Å²) in [6.45, 7) is 4.62. The molecule has 0 radical (unpaired) electrons. The predicted molar refractivity (Wildman–Crippen MR) is 77.4 cm³/mol. The van der Waals surface area contributed by atoms with Gasteiger partial charge >= 0.3 is 5.97 Å². The second kappa shape index (κ2) is 4.98. The molecule has 2 aromatic heterocycles. The highest BCUT2D eigenvalue weighted by atomic mass is 16.4. The summed E-state index contributed by atoms with van der Waals surface area (Å²) in [6.07, 6.45) is 4.43. The zero-order valence-corrected chi connectivity index (χ0v) is 12.3. The number of aromatic nitrogens is 4. The molecular weight excluding hydrogens is 270 g/mol. The van der Waals surface area contributed by atoms with Crippen molar-refractivity contribution in [3.63, 3.8) is 0 Å². The van der Waals surface area contributed by atoms with Crippen LogP contribution in [0, 0.1) is 6.92 Å². The maximum absolute atomic E-state index is 12.0. The van der Waals surface area contributed by atoms with E-state index in [2.05, 4.69) is 15.1 Å². The Morgan fingerprint density at radius 3 is 3.05 bits per heavy atom. The lowest BCUT2D eigenvalue weighted by molar-refractivity contribution is -0.143. The molecule has 1 saturated heterocycles. The maximum Gasteiger partial charge on any atom is 0.329 e. The average molecular weight is 289 g/mol. The van der Waals surface area contributed by atoms with E-state index in [9.17, 15) is 9.90 Å². The van der Waals surface area contributed by atoms with Crippen molar-refractivity contribution in [2.45, 2.75) is 45.1 Å². The third-order valence-electron chi connectivity index (χ3n) is 4.19. The lowest BCUT2D eigenvalue weighted by Gasteiger charge is -2.36. The number of fused-ring (bicyclic) bond motifs is 1. The van der Waals surface area contributed by atoms with Gasteiger partial charge in [-0.15, -0.1) is 0 Å². The molecule has 112 valence electrons. The number of carbonyl (C=O) groups is 1. The molecule has 0 amide bonds. The summed E-state index contributed by atoms with van der Waals surface area (Å²) in [5.41, 5.74) is -0.0327. The minimum absolute atomic E-state index is 0.507. The summed E-state index contributed by atoms with van der Waals surface area (Å²) in [6, 6.07) is 1.89. The second-order valence-corrected chi connectivity index (χ2v) is 5.57. The molecule has 1 N–H and O–H groups in total. The van der Waals surface area contributed by atoms with E-state index in [4.69, 9.17) is 0 Å². The Morgan fingerprint density at radius 2 is 2.33 bits per heavy atom. The van der Waals surface area contributed by atoms with Crippen LogP contribution in [-0.2, 0) is 4.79 Å². The molecule has 0 aliphatic carbocycles. The van der Waals surface area contributed by atoms with Crippen molar-refractivity contribution in [3.05, 3.63) is 18.1 Å². The van der Waals surface area contributed by atoms with Crippen LogP contribution in [0.1, 0.15) is 38.3 Å². The Balaban J connectivity index is 2.16. The van der Waals surface area contributed by atoms with Crippen molar-refractivity contribution in [1.29, 1.82) is 0 Å². The topological polar surface area (TPSA) is 83.6 Å². The lowest BCUT2D eigenvalue weighted by Crippen LogP contribution is -2.51. The zero-order valence-electron chi connectivity index (χ0n) is 12.3. The Kier molecular flexibility index (Phi) is 3.27. The molecule has 3 heterocycles. The largest absolute Gasteiger partial charge is 0.479 e. The number of hydrogen-bond acceptors (Lipinski definition) is 5. The van der Waals surface area contributed by atoms with E-state index in [1.165, 1.54) is 6.33 Å². The highest BCUT2D eigenvalue weighted by Gasteiger charge is 2.47. The number of hydrogen-bond donors (Lipinski definition) is 1. The first-order chi connectivity index (χ1) is 10.1. The van der Waals surface area contributed by atoms with Gasteiger partial charge in [0.2, 0.25) is 0 Å². The number of aryl methyl sites for hydroxylation is 1. The monoisotopic (exact) mass is 289 g/mol. The molecule has 0 saturated carbocycles. The van der Waals surface area contributed by atoms with E-state index in [1.807, 2.05) is 24.8 Å². The summed E-state index contributed by atoms with van der Waals surface area (Å²) < 4.78 is 1.63. The Hall–Kier alpha value is -2.18. The van der Waals surface area contributed by atoms with Crippen LogP contribution in [0.25, 0.3) is 5.78 Å². The van der Waals surface area contributed by atoms with Crippen LogP contribution in [0.15, 0.2) is 12.4 Å². The third kappa shape index (κ3) is 2.03.